The van der Waals surface area contributed by atoms with E-state index in [1.54, 1.807) is 0 Å². The minimum Gasteiger partial charge on any atom is -0.381 e. The van der Waals surface area contributed by atoms with Crippen molar-refractivity contribution in [3.63, 3.8) is 0 Å². The van der Waals surface area contributed by atoms with E-state index in [1.807, 2.05) is 23.1 Å². The highest BCUT2D eigenvalue weighted by molar-refractivity contribution is 5.95. The molecule has 4 heterocycles. The molecule has 0 amide bonds. The number of nitrogens with one attached hydrogen (secondary N) is 2. The fraction of sp³-hybridized carbons (Fsp3) is 0.368. The van der Waals surface area contributed by atoms with Crippen molar-refractivity contribution in [1.29, 1.82) is 0 Å². The number of nitrogens with zero attached hydrogens (tertiary/aromatic N) is 5. The number of hydrogen-bond donors (Lipinski definition) is 2. The maximum atomic E-state index is 5.40. The lowest BCUT2D eigenvalue weighted by atomic mass is 10.1. The molecule has 0 aliphatic carbocycles. The first kappa shape index (κ1) is 16.2. The maximum absolute atomic E-state index is 5.40. The van der Waals surface area contributed by atoms with E-state index in [4.69, 9.17) is 4.74 Å². The molecule has 0 bridgehead atoms. The lowest BCUT2D eigenvalue weighted by Crippen LogP contribution is -2.28. The normalized spacial score (nSPS) is 15.6. The number of fused-ring (bicyclic) bond motifs is 2. The van der Waals surface area contributed by atoms with E-state index in [0.29, 0.717) is 12.0 Å². The third-order valence-corrected chi connectivity index (χ3v) is 5.11. The zero-order valence-electron chi connectivity index (χ0n) is 15.1. The topological polar surface area (TPSA) is 93.5 Å². The van der Waals surface area contributed by atoms with Crippen molar-refractivity contribution >= 4 is 28.0 Å². The minimum absolute atomic E-state index is 0.370. The number of aromatic amines is 1. The quantitative estimate of drug-likeness (QED) is 0.579. The van der Waals surface area contributed by atoms with Gasteiger partial charge < -0.3 is 15.0 Å². The van der Waals surface area contributed by atoms with Gasteiger partial charge in [-0.15, -0.1) is 5.10 Å². The second-order valence-corrected chi connectivity index (χ2v) is 6.80. The fourth-order valence-corrected chi connectivity index (χ4v) is 3.61. The Hall–Kier alpha value is -3.00. The third-order valence-electron chi connectivity index (χ3n) is 5.11. The van der Waals surface area contributed by atoms with Gasteiger partial charge in [-0.25, -0.2) is 9.67 Å². The molecule has 138 valence electrons. The number of ether oxygens (including phenoxy) is 1. The molecular formula is C19H21N7O. The van der Waals surface area contributed by atoms with Crippen molar-refractivity contribution in [3.8, 4) is 11.1 Å². The molecule has 4 aromatic rings. The molecule has 2 N–H and O–H groups in total. The molecule has 27 heavy (non-hydrogen) atoms. The summed E-state index contributed by atoms with van der Waals surface area (Å²) in [6, 6.07) is 6.56. The van der Waals surface area contributed by atoms with Gasteiger partial charge in [0.05, 0.1) is 5.52 Å². The molecule has 8 nitrogen and oxygen atoms in total. The minimum atomic E-state index is 0.370. The average molecular weight is 363 g/mol. The monoisotopic (exact) mass is 363 g/mol. The first-order valence-electron chi connectivity index (χ1n) is 9.34. The van der Waals surface area contributed by atoms with E-state index in [-0.39, 0.29) is 0 Å². The van der Waals surface area contributed by atoms with Gasteiger partial charge in [0, 0.05) is 49.1 Å². The number of aromatic nitrogens is 6. The van der Waals surface area contributed by atoms with Crippen LogP contribution in [0.25, 0.3) is 33.2 Å². The molecule has 0 spiro atoms. The molecule has 5 rings (SSSR count). The molecule has 1 aromatic carbocycles. The largest absolute Gasteiger partial charge is 0.381 e. The second kappa shape index (κ2) is 6.62. The number of anilines is 1. The van der Waals surface area contributed by atoms with E-state index < -0.39 is 0 Å². The molecule has 0 unspecified atom stereocenters. The summed E-state index contributed by atoms with van der Waals surface area (Å²) in [4.78, 5) is 12.5. The van der Waals surface area contributed by atoms with Crippen LogP contribution in [0.1, 0.15) is 19.8 Å². The van der Waals surface area contributed by atoms with E-state index in [9.17, 15) is 0 Å². The second-order valence-electron chi connectivity index (χ2n) is 6.80. The Balaban J connectivity index is 1.49. The van der Waals surface area contributed by atoms with E-state index >= 15 is 0 Å². The van der Waals surface area contributed by atoms with Gasteiger partial charge in [0.1, 0.15) is 11.2 Å². The summed E-state index contributed by atoms with van der Waals surface area (Å²) >= 11 is 0. The van der Waals surface area contributed by atoms with E-state index in [0.717, 1.165) is 65.8 Å². The molecule has 0 atom stereocenters. The highest BCUT2D eigenvalue weighted by atomic mass is 16.5. The van der Waals surface area contributed by atoms with Crippen LogP contribution >= 0.6 is 0 Å². The first-order chi connectivity index (χ1) is 13.3. The van der Waals surface area contributed by atoms with Crippen LogP contribution in [0.2, 0.25) is 0 Å². The van der Waals surface area contributed by atoms with Gasteiger partial charge in [0.25, 0.3) is 0 Å². The van der Waals surface area contributed by atoms with Crippen LogP contribution in [-0.2, 0) is 11.3 Å². The SMILES string of the molecule is CCn1nnc2ccc(-c3c[nH]c4nc(NC5CCOCC5)ncc34)cc21. The summed E-state index contributed by atoms with van der Waals surface area (Å²) in [6.45, 7) is 4.43. The molecule has 1 saturated heterocycles. The highest BCUT2D eigenvalue weighted by Crippen LogP contribution is 2.30. The van der Waals surface area contributed by atoms with Crippen molar-refractivity contribution in [2.24, 2.45) is 0 Å². The number of rotatable bonds is 4. The number of aryl methyl sites for hydroxylation is 1. The summed E-state index contributed by atoms with van der Waals surface area (Å²) in [7, 11) is 0. The van der Waals surface area contributed by atoms with Gasteiger partial charge in [-0.1, -0.05) is 11.3 Å². The van der Waals surface area contributed by atoms with Crippen molar-refractivity contribution in [2.45, 2.75) is 32.4 Å². The average Bonchev–Trinajstić information content (AvgIpc) is 3.31. The van der Waals surface area contributed by atoms with E-state index in [2.05, 4.69) is 49.6 Å². The van der Waals surface area contributed by atoms with Crippen LogP contribution in [0.5, 0.6) is 0 Å². The van der Waals surface area contributed by atoms with Gasteiger partial charge in [-0.3, -0.25) is 0 Å². The van der Waals surface area contributed by atoms with Crippen LogP contribution < -0.4 is 5.32 Å². The van der Waals surface area contributed by atoms with Crippen molar-refractivity contribution in [3.05, 3.63) is 30.6 Å². The zero-order chi connectivity index (χ0) is 18.2. The predicted octanol–water partition coefficient (Wildman–Crippen LogP) is 2.98. The van der Waals surface area contributed by atoms with Gasteiger partial charge >= 0.3 is 0 Å². The number of benzene rings is 1. The molecule has 1 fully saturated rings. The van der Waals surface area contributed by atoms with Crippen LogP contribution in [0, 0.1) is 0 Å². The van der Waals surface area contributed by atoms with Crippen LogP contribution in [0.3, 0.4) is 0 Å². The Morgan fingerprint density at radius 3 is 3.04 bits per heavy atom. The summed E-state index contributed by atoms with van der Waals surface area (Å²) in [5, 5.41) is 12.8. The van der Waals surface area contributed by atoms with Crippen LogP contribution in [0.15, 0.2) is 30.6 Å². The van der Waals surface area contributed by atoms with Crippen LogP contribution in [-0.4, -0.2) is 49.2 Å². The predicted molar refractivity (Wildman–Crippen MR) is 104 cm³/mol. The fourth-order valence-electron chi connectivity index (χ4n) is 3.61. The number of hydrogen-bond acceptors (Lipinski definition) is 6. The number of H-pyrrole nitrogens is 1. The third kappa shape index (κ3) is 2.91. The molecule has 0 saturated carbocycles. The molecule has 8 heteroatoms. The molecule has 0 radical (unpaired) electrons. The molecule has 1 aliphatic rings. The Kier molecular flexibility index (Phi) is 3.97. The standard InChI is InChI=1S/C19H21N7O/c1-2-26-17-9-12(3-4-16(17)24-25-26)14-10-20-18-15(14)11-21-19(23-18)22-13-5-7-27-8-6-13/h3-4,9-11,13H,2,5-8H2,1H3,(H2,20,21,22,23). The van der Waals surface area contributed by atoms with Crippen molar-refractivity contribution in [2.75, 3.05) is 18.5 Å². The summed E-state index contributed by atoms with van der Waals surface area (Å²) < 4.78 is 7.31. The van der Waals surface area contributed by atoms with E-state index in [1.165, 1.54) is 0 Å². The summed E-state index contributed by atoms with van der Waals surface area (Å²) in [5.74, 6) is 0.659. The van der Waals surface area contributed by atoms with Crippen LogP contribution in [0.4, 0.5) is 5.95 Å². The lowest BCUT2D eigenvalue weighted by Gasteiger charge is -2.22. The van der Waals surface area contributed by atoms with Gasteiger partial charge in [0.2, 0.25) is 5.95 Å². The van der Waals surface area contributed by atoms with Crippen molar-refractivity contribution < 1.29 is 4.74 Å². The van der Waals surface area contributed by atoms with Gasteiger partial charge in [0.15, 0.2) is 0 Å². The molecular weight excluding hydrogens is 342 g/mol. The Morgan fingerprint density at radius 1 is 1.30 bits per heavy atom. The van der Waals surface area contributed by atoms with Gasteiger partial charge in [-0.05, 0) is 37.5 Å². The van der Waals surface area contributed by atoms with Gasteiger partial charge in [-0.2, -0.15) is 4.98 Å². The highest BCUT2D eigenvalue weighted by Gasteiger charge is 2.16. The van der Waals surface area contributed by atoms with Crippen molar-refractivity contribution in [1.82, 2.24) is 29.9 Å². The summed E-state index contributed by atoms with van der Waals surface area (Å²) in [6.07, 6.45) is 5.83. The Labute approximate surface area is 156 Å². The smallest absolute Gasteiger partial charge is 0.224 e. The zero-order valence-corrected chi connectivity index (χ0v) is 15.1. The Bertz CT molecular complexity index is 1090. The molecule has 3 aromatic heterocycles. The maximum Gasteiger partial charge on any atom is 0.224 e. The summed E-state index contributed by atoms with van der Waals surface area (Å²) in [5.41, 5.74) is 4.94. The molecule has 1 aliphatic heterocycles. The Morgan fingerprint density at radius 2 is 2.19 bits per heavy atom. The first-order valence-corrected chi connectivity index (χ1v) is 9.34. The lowest BCUT2D eigenvalue weighted by molar-refractivity contribution is 0.0903.